The molecule has 0 aromatic carbocycles. The minimum Gasteiger partial charge on any atom is -0.488 e. The summed E-state index contributed by atoms with van der Waals surface area (Å²) >= 11 is 0. The van der Waals surface area contributed by atoms with Gasteiger partial charge in [0.25, 0.3) is 0 Å². The van der Waals surface area contributed by atoms with Crippen molar-refractivity contribution in [1.29, 1.82) is 0 Å². The third-order valence-corrected chi connectivity index (χ3v) is 5.02. The van der Waals surface area contributed by atoms with Crippen LogP contribution in [-0.2, 0) is 7.05 Å². The van der Waals surface area contributed by atoms with Gasteiger partial charge in [-0.1, -0.05) is 0 Å². The highest BCUT2D eigenvalue weighted by Crippen LogP contribution is 2.31. The number of hydrogen-bond acceptors (Lipinski definition) is 7. The molecular weight excluding hydrogens is 368 g/mol. The molecule has 0 saturated carbocycles. The molecule has 29 heavy (non-hydrogen) atoms. The van der Waals surface area contributed by atoms with Gasteiger partial charge in [0.15, 0.2) is 11.6 Å². The van der Waals surface area contributed by atoms with Crippen molar-refractivity contribution in [2.45, 2.75) is 19.4 Å². The van der Waals surface area contributed by atoms with Gasteiger partial charge in [-0.25, -0.2) is 9.50 Å². The standard InChI is InChI=1S/C20H22N8O/c1-13-9-21-11-19(24-13)25-18-8-16-7-14(4-6-28(16)26-18)20-17(10-23-27(20)2)29-12-15-3-5-22-15/h4,6-11,15,22H,3,5,12H2,1-2H3,(H,24,25,26)/t15-/m1/s1. The Kier molecular flexibility index (Phi) is 4.36. The Bertz CT molecular complexity index is 1160. The van der Waals surface area contributed by atoms with Crippen LogP contribution in [0.2, 0.25) is 0 Å². The SMILES string of the molecule is Cc1cncc(Nc2cc3cc(-c4c(OC[C@H]5CCN5)cnn4C)ccn3n2)n1. The number of rotatable bonds is 6. The molecule has 9 nitrogen and oxygen atoms in total. The highest BCUT2D eigenvalue weighted by atomic mass is 16.5. The van der Waals surface area contributed by atoms with Gasteiger partial charge in [-0.15, -0.1) is 0 Å². The lowest BCUT2D eigenvalue weighted by Gasteiger charge is -2.27. The zero-order chi connectivity index (χ0) is 19.8. The molecule has 9 heteroatoms. The van der Waals surface area contributed by atoms with E-state index in [9.17, 15) is 0 Å². The lowest BCUT2D eigenvalue weighted by atomic mass is 10.1. The van der Waals surface area contributed by atoms with Gasteiger partial charge < -0.3 is 15.4 Å². The summed E-state index contributed by atoms with van der Waals surface area (Å²) in [6, 6.07) is 6.49. The second-order valence-electron chi connectivity index (χ2n) is 7.22. The van der Waals surface area contributed by atoms with E-state index in [1.54, 1.807) is 18.6 Å². The molecule has 1 aliphatic rings. The Balaban J connectivity index is 1.42. The fourth-order valence-corrected chi connectivity index (χ4v) is 3.39. The summed E-state index contributed by atoms with van der Waals surface area (Å²) in [5.74, 6) is 2.17. The molecule has 0 amide bonds. The van der Waals surface area contributed by atoms with Gasteiger partial charge in [0.05, 0.1) is 23.6 Å². The molecule has 1 aliphatic heterocycles. The molecule has 4 aromatic heterocycles. The van der Waals surface area contributed by atoms with E-state index in [0.717, 1.165) is 41.2 Å². The molecule has 0 spiro atoms. The normalized spacial score (nSPS) is 16.0. The van der Waals surface area contributed by atoms with Crippen molar-refractivity contribution in [1.82, 2.24) is 34.7 Å². The van der Waals surface area contributed by atoms with Crippen molar-refractivity contribution in [3.63, 3.8) is 0 Å². The molecule has 1 atom stereocenters. The van der Waals surface area contributed by atoms with E-state index in [0.29, 0.717) is 24.3 Å². The van der Waals surface area contributed by atoms with Crippen molar-refractivity contribution < 1.29 is 4.74 Å². The van der Waals surface area contributed by atoms with Gasteiger partial charge in [-0.2, -0.15) is 10.2 Å². The smallest absolute Gasteiger partial charge is 0.165 e. The second kappa shape index (κ2) is 7.17. The van der Waals surface area contributed by atoms with Crippen LogP contribution in [0.4, 0.5) is 11.6 Å². The van der Waals surface area contributed by atoms with Gasteiger partial charge >= 0.3 is 0 Å². The van der Waals surface area contributed by atoms with Crippen molar-refractivity contribution in [3.05, 3.63) is 48.7 Å². The largest absolute Gasteiger partial charge is 0.488 e. The molecule has 0 unspecified atom stereocenters. The van der Waals surface area contributed by atoms with E-state index in [1.807, 2.05) is 41.5 Å². The molecule has 2 N–H and O–H groups in total. The number of pyridine rings is 1. The summed E-state index contributed by atoms with van der Waals surface area (Å²) < 4.78 is 9.69. The number of aryl methyl sites for hydroxylation is 2. The molecule has 148 valence electrons. The van der Waals surface area contributed by atoms with Crippen LogP contribution >= 0.6 is 0 Å². The average molecular weight is 390 g/mol. The molecule has 5 heterocycles. The zero-order valence-corrected chi connectivity index (χ0v) is 16.3. The number of ether oxygens (including phenoxy) is 1. The minimum atomic E-state index is 0.429. The Morgan fingerprint density at radius 2 is 2.14 bits per heavy atom. The number of nitrogens with one attached hydrogen (secondary N) is 2. The maximum Gasteiger partial charge on any atom is 0.165 e. The maximum absolute atomic E-state index is 6.03. The molecule has 1 fully saturated rings. The van der Waals surface area contributed by atoms with E-state index in [2.05, 4.69) is 36.9 Å². The maximum atomic E-state index is 6.03. The summed E-state index contributed by atoms with van der Waals surface area (Å²) in [6.45, 7) is 3.62. The molecule has 1 saturated heterocycles. The third-order valence-electron chi connectivity index (χ3n) is 5.02. The molecule has 0 radical (unpaired) electrons. The fraction of sp³-hybridized carbons (Fsp3) is 0.300. The van der Waals surface area contributed by atoms with Crippen LogP contribution in [0, 0.1) is 6.92 Å². The second-order valence-corrected chi connectivity index (χ2v) is 7.22. The summed E-state index contributed by atoms with van der Waals surface area (Å²) in [5.41, 5.74) is 3.78. The van der Waals surface area contributed by atoms with Crippen molar-refractivity contribution in [2.75, 3.05) is 18.5 Å². The van der Waals surface area contributed by atoms with E-state index >= 15 is 0 Å². The van der Waals surface area contributed by atoms with Crippen LogP contribution in [-0.4, -0.2) is 48.6 Å². The third kappa shape index (κ3) is 3.52. The van der Waals surface area contributed by atoms with E-state index in [1.165, 1.54) is 0 Å². The van der Waals surface area contributed by atoms with E-state index in [4.69, 9.17) is 4.74 Å². The van der Waals surface area contributed by atoms with Crippen LogP contribution in [0.3, 0.4) is 0 Å². The van der Waals surface area contributed by atoms with Crippen LogP contribution in [0.5, 0.6) is 5.75 Å². The number of nitrogens with zero attached hydrogens (tertiary/aromatic N) is 6. The summed E-state index contributed by atoms with van der Waals surface area (Å²) in [5, 5.41) is 15.5. The topological polar surface area (TPSA) is 94.2 Å². The quantitative estimate of drug-likeness (QED) is 0.522. The van der Waals surface area contributed by atoms with Gasteiger partial charge in [0.2, 0.25) is 0 Å². The summed E-state index contributed by atoms with van der Waals surface area (Å²) in [7, 11) is 1.92. The number of hydrogen-bond donors (Lipinski definition) is 2. The lowest BCUT2D eigenvalue weighted by molar-refractivity contribution is 0.218. The monoisotopic (exact) mass is 390 g/mol. The first-order valence-corrected chi connectivity index (χ1v) is 9.59. The molecule has 5 rings (SSSR count). The first-order valence-electron chi connectivity index (χ1n) is 9.59. The van der Waals surface area contributed by atoms with Crippen molar-refractivity contribution in [2.24, 2.45) is 7.05 Å². The van der Waals surface area contributed by atoms with E-state index < -0.39 is 0 Å². The van der Waals surface area contributed by atoms with Crippen LogP contribution < -0.4 is 15.4 Å². The lowest BCUT2D eigenvalue weighted by Crippen LogP contribution is -2.46. The fourth-order valence-electron chi connectivity index (χ4n) is 3.39. The predicted octanol–water partition coefficient (Wildman–Crippen LogP) is 2.32. The van der Waals surface area contributed by atoms with Crippen LogP contribution in [0.25, 0.3) is 16.8 Å². The van der Waals surface area contributed by atoms with Crippen molar-refractivity contribution >= 4 is 17.2 Å². The number of anilines is 2. The first kappa shape index (κ1) is 17.6. The molecular formula is C20H22N8O. The average Bonchev–Trinajstić information content (AvgIpc) is 3.22. The van der Waals surface area contributed by atoms with Gasteiger partial charge in [0, 0.05) is 37.1 Å². The van der Waals surface area contributed by atoms with Gasteiger partial charge in [-0.3, -0.25) is 9.67 Å². The van der Waals surface area contributed by atoms with Crippen molar-refractivity contribution in [3.8, 4) is 17.0 Å². The number of aromatic nitrogens is 6. The zero-order valence-electron chi connectivity index (χ0n) is 16.3. The Hall–Kier alpha value is -3.46. The molecule has 0 aliphatic carbocycles. The first-order chi connectivity index (χ1) is 14.2. The minimum absolute atomic E-state index is 0.429. The molecule has 4 aromatic rings. The highest BCUT2D eigenvalue weighted by Gasteiger charge is 2.19. The van der Waals surface area contributed by atoms with Gasteiger partial charge in [0.1, 0.15) is 18.1 Å². The molecule has 0 bridgehead atoms. The summed E-state index contributed by atoms with van der Waals surface area (Å²) in [4.78, 5) is 8.56. The summed E-state index contributed by atoms with van der Waals surface area (Å²) in [6.07, 6.45) is 8.26. The predicted molar refractivity (Wildman–Crippen MR) is 109 cm³/mol. The highest BCUT2D eigenvalue weighted by molar-refractivity contribution is 5.72. The number of fused-ring (bicyclic) bond motifs is 1. The van der Waals surface area contributed by atoms with Gasteiger partial charge in [-0.05, 0) is 32.0 Å². The van der Waals surface area contributed by atoms with Crippen LogP contribution in [0.1, 0.15) is 12.1 Å². The Morgan fingerprint density at radius 3 is 2.93 bits per heavy atom. The Morgan fingerprint density at radius 1 is 1.24 bits per heavy atom. The van der Waals surface area contributed by atoms with E-state index in [-0.39, 0.29) is 0 Å². The van der Waals surface area contributed by atoms with Crippen LogP contribution in [0.15, 0.2) is 43.0 Å². The Labute approximate surface area is 167 Å².